The van der Waals surface area contributed by atoms with Crippen molar-refractivity contribution in [2.75, 3.05) is 13.7 Å². The van der Waals surface area contributed by atoms with Gasteiger partial charge in [-0.25, -0.2) is 0 Å². The Bertz CT molecular complexity index is 642. The monoisotopic (exact) mass is 378 g/mol. The van der Waals surface area contributed by atoms with Crippen LogP contribution in [0.15, 0.2) is 48.5 Å². The number of aliphatic hydroxyl groups is 1. The minimum atomic E-state index is -0.487. The van der Waals surface area contributed by atoms with Crippen LogP contribution in [0.4, 0.5) is 0 Å². The predicted octanol–water partition coefficient (Wildman–Crippen LogP) is 3.03. The van der Waals surface area contributed by atoms with E-state index in [1.54, 1.807) is 7.11 Å². The van der Waals surface area contributed by atoms with Gasteiger partial charge in [0.05, 0.1) is 0 Å². The zero-order valence-electron chi connectivity index (χ0n) is 13.4. The Kier molecular flexibility index (Phi) is 5.39. The molecule has 3 nitrogen and oxygen atoms in total. The molecule has 0 saturated carbocycles. The van der Waals surface area contributed by atoms with Crippen molar-refractivity contribution in [2.24, 2.45) is 0 Å². The summed E-state index contributed by atoms with van der Waals surface area (Å²) in [5.74, 6) is 0.877. The first kappa shape index (κ1) is 16.5. The molecule has 1 N–H and O–H groups in total. The van der Waals surface area contributed by atoms with E-state index in [1.165, 1.54) is 5.56 Å². The first-order valence-corrected chi connectivity index (χ1v) is 9.73. The topological polar surface area (TPSA) is 38.7 Å². The molecule has 122 valence electrons. The second kappa shape index (κ2) is 7.50. The van der Waals surface area contributed by atoms with Crippen molar-refractivity contribution in [3.63, 3.8) is 0 Å². The summed E-state index contributed by atoms with van der Waals surface area (Å²) in [4.78, 5) is 0.457. The molecule has 0 radical (unpaired) electrons. The summed E-state index contributed by atoms with van der Waals surface area (Å²) in [6.45, 7) is 2.61. The standard InChI is InChI=1S/C19H22O3Se/c1-13(20)15-9-6-10-16(21-2)19(15)23-17-11-12-22-18(17)14-7-4-3-5-8-14/h3-10,13,17-18,20H,11-12H2,1-2H3/t13?,17-,18?/m0/s1. The summed E-state index contributed by atoms with van der Waals surface area (Å²) < 4.78 is 12.7. The Labute approximate surface area is 143 Å². The fourth-order valence-electron chi connectivity index (χ4n) is 2.94. The number of hydrogen-bond donors (Lipinski definition) is 1. The Morgan fingerprint density at radius 2 is 1.96 bits per heavy atom. The first-order valence-electron chi connectivity index (χ1n) is 7.89. The number of hydrogen-bond acceptors (Lipinski definition) is 3. The molecule has 2 aromatic carbocycles. The van der Waals surface area contributed by atoms with Gasteiger partial charge >= 0.3 is 143 Å². The van der Waals surface area contributed by atoms with E-state index < -0.39 is 6.10 Å². The molecule has 23 heavy (non-hydrogen) atoms. The van der Waals surface area contributed by atoms with Crippen LogP contribution in [0.5, 0.6) is 5.75 Å². The number of benzene rings is 2. The van der Waals surface area contributed by atoms with Gasteiger partial charge in [0.2, 0.25) is 0 Å². The van der Waals surface area contributed by atoms with Gasteiger partial charge in [0.15, 0.2) is 0 Å². The third kappa shape index (κ3) is 3.61. The Balaban J connectivity index is 1.89. The zero-order chi connectivity index (χ0) is 16.2. The fourth-order valence-corrected chi connectivity index (χ4v) is 6.13. The SMILES string of the molecule is COc1cccc(C(C)O)c1[Se][C@H]1CCOC1c1ccccc1. The molecule has 1 aliphatic rings. The van der Waals surface area contributed by atoms with Crippen molar-refractivity contribution in [3.05, 3.63) is 59.7 Å². The van der Waals surface area contributed by atoms with Crippen molar-refractivity contribution in [2.45, 2.75) is 30.4 Å². The average molecular weight is 377 g/mol. The van der Waals surface area contributed by atoms with Crippen LogP contribution in [-0.4, -0.2) is 33.8 Å². The molecule has 1 heterocycles. The molecule has 1 fully saturated rings. The number of aliphatic hydroxyl groups excluding tert-OH is 1. The molecule has 1 saturated heterocycles. The van der Waals surface area contributed by atoms with Gasteiger partial charge in [-0.2, -0.15) is 0 Å². The second-order valence-corrected chi connectivity index (χ2v) is 8.32. The molecular weight excluding hydrogens is 355 g/mol. The van der Waals surface area contributed by atoms with Crippen LogP contribution in [0, 0.1) is 0 Å². The molecule has 0 aromatic heterocycles. The minimum absolute atomic E-state index is 0.142. The average Bonchev–Trinajstić information content (AvgIpc) is 3.04. The van der Waals surface area contributed by atoms with E-state index in [0.29, 0.717) is 4.82 Å². The Morgan fingerprint density at radius 3 is 2.65 bits per heavy atom. The normalized spacial score (nSPS) is 22.0. The van der Waals surface area contributed by atoms with E-state index in [1.807, 2.05) is 31.2 Å². The third-order valence-corrected chi connectivity index (χ3v) is 7.17. The molecule has 0 spiro atoms. The van der Waals surface area contributed by atoms with Crippen LogP contribution < -0.4 is 9.20 Å². The van der Waals surface area contributed by atoms with Crippen molar-refractivity contribution in [3.8, 4) is 5.75 Å². The van der Waals surface area contributed by atoms with Crippen LogP contribution in [0.2, 0.25) is 4.82 Å². The third-order valence-electron chi connectivity index (χ3n) is 4.11. The number of methoxy groups -OCH3 is 1. The predicted molar refractivity (Wildman–Crippen MR) is 92.5 cm³/mol. The maximum absolute atomic E-state index is 10.1. The molecular formula is C19H22O3Se. The molecule has 1 aliphatic heterocycles. The van der Waals surface area contributed by atoms with Crippen LogP contribution in [0.1, 0.15) is 36.7 Å². The van der Waals surface area contributed by atoms with Crippen molar-refractivity contribution >= 4 is 19.4 Å². The van der Waals surface area contributed by atoms with Crippen LogP contribution in [0.25, 0.3) is 0 Å². The van der Waals surface area contributed by atoms with E-state index in [4.69, 9.17) is 9.47 Å². The van der Waals surface area contributed by atoms with E-state index >= 15 is 0 Å². The van der Waals surface area contributed by atoms with E-state index in [9.17, 15) is 5.11 Å². The molecule has 2 unspecified atom stereocenters. The zero-order valence-corrected chi connectivity index (χ0v) is 15.2. The van der Waals surface area contributed by atoms with E-state index in [0.717, 1.165) is 28.8 Å². The molecule has 3 atom stereocenters. The fraction of sp³-hybridized carbons (Fsp3) is 0.368. The van der Waals surface area contributed by atoms with Gasteiger partial charge in [0.1, 0.15) is 0 Å². The quantitative estimate of drug-likeness (QED) is 0.815. The number of rotatable bonds is 5. The summed E-state index contributed by atoms with van der Waals surface area (Å²) in [5.41, 5.74) is 2.22. The molecule has 3 rings (SSSR count). The van der Waals surface area contributed by atoms with Gasteiger partial charge in [-0.1, -0.05) is 0 Å². The maximum atomic E-state index is 10.1. The number of ether oxygens (including phenoxy) is 2. The molecule has 0 bridgehead atoms. The molecule has 4 heteroatoms. The van der Waals surface area contributed by atoms with E-state index in [2.05, 4.69) is 24.3 Å². The van der Waals surface area contributed by atoms with Gasteiger partial charge in [0, 0.05) is 0 Å². The van der Waals surface area contributed by atoms with Gasteiger partial charge in [0.25, 0.3) is 0 Å². The van der Waals surface area contributed by atoms with Crippen molar-refractivity contribution < 1.29 is 14.6 Å². The van der Waals surface area contributed by atoms with Crippen molar-refractivity contribution in [1.82, 2.24) is 0 Å². The van der Waals surface area contributed by atoms with Crippen LogP contribution >= 0.6 is 0 Å². The summed E-state index contributed by atoms with van der Waals surface area (Å²) in [7, 11) is 1.70. The second-order valence-electron chi connectivity index (χ2n) is 5.70. The van der Waals surface area contributed by atoms with Gasteiger partial charge < -0.3 is 0 Å². The summed E-state index contributed by atoms with van der Waals surface area (Å²) in [6, 6.07) is 16.4. The Morgan fingerprint density at radius 1 is 1.17 bits per heavy atom. The first-order chi connectivity index (χ1) is 11.2. The van der Waals surface area contributed by atoms with Crippen molar-refractivity contribution in [1.29, 1.82) is 0 Å². The Hall–Kier alpha value is -1.32. The summed E-state index contributed by atoms with van der Waals surface area (Å²) in [6.07, 6.45) is 0.707. The van der Waals surface area contributed by atoms with Crippen LogP contribution in [0.3, 0.4) is 0 Å². The van der Waals surface area contributed by atoms with E-state index in [-0.39, 0.29) is 21.1 Å². The molecule has 0 amide bonds. The van der Waals surface area contributed by atoms with Gasteiger partial charge in [-0.15, -0.1) is 0 Å². The molecule has 0 aliphatic carbocycles. The van der Waals surface area contributed by atoms with Gasteiger partial charge in [-0.3, -0.25) is 0 Å². The van der Waals surface area contributed by atoms with Crippen LogP contribution in [-0.2, 0) is 4.74 Å². The molecule has 2 aromatic rings. The summed E-state index contributed by atoms with van der Waals surface area (Å²) >= 11 is 0.177. The summed E-state index contributed by atoms with van der Waals surface area (Å²) in [5, 5.41) is 10.1. The van der Waals surface area contributed by atoms with Gasteiger partial charge in [-0.05, 0) is 0 Å².